The number of benzene rings is 2. The summed E-state index contributed by atoms with van der Waals surface area (Å²) >= 11 is 0. The largest absolute Gasteiger partial charge is 0.352 e. The van der Waals surface area contributed by atoms with Crippen LogP contribution < -0.4 is 10.6 Å². The van der Waals surface area contributed by atoms with E-state index in [1.807, 2.05) is 17.6 Å². The second kappa shape index (κ2) is 9.48. The van der Waals surface area contributed by atoms with Crippen LogP contribution in [0.3, 0.4) is 0 Å². The minimum atomic E-state index is -1.01. The maximum absolute atomic E-state index is 13.8. The Labute approximate surface area is 202 Å². The summed E-state index contributed by atoms with van der Waals surface area (Å²) in [5.74, 6) is -0.494. The molecule has 0 aliphatic carbocycles. The number of imidazole rings is 1. The molecule has 2 aliphatic heterocycles. The number of rotatable bonds is 1. The van der Waals surface area contributed by atoms with E-state index in [0.717, 1.165) is 19.3 Å². The molecule has 5 rings (SSSR count). The van der Waals surface area contributed by atoms with E-state index in [0.29, 0.717) is 53.2 Å². The Morgan fingerprint density at radius 2 is 1.83 bits per heavy atom. The minimum absolute atomic E-state index is 0.0817. The van der Waals surface area contributed by atoms with E-state index in [9.17, 15) is 18.8 Å². The van der Waals surface area contributed by atoms with Crippen molar-refractivity contribution in [1.29, 1.82) is 0 Å². The number of carbonyl (C=O) groups excluding carboxylic acids is 3. The maximum atomic E-state index is 13.8. The van der Waals surface area contributed by atoms with Crippen molar-refractivity contribution in [2.24, 2.45) is 0 Å². The average Bonchev–Trinajstić information content (AvgIpc) is 3.45. The van der Waals surface area contributed by atoms with Crippen molar-refractivity contribution in [2.45, 2.75) is 44.8 Å². The van der Waals surface area contributed by atoms with Crippen LogP contribution in [0.15, 0.2) is 42.5 Å². The van der Waals surface area contributed by atoms with Gasteiger partial charge in [0.05, 0.1) is 23.1 Å². The topological polar surface area (TPSA) is 96.3 Å². The maximum Gasteiger partial charge on any atom is 0.257 e. The molecule has 3 heterocycles. The van der Waals surface area contributed by atoms with E-state index < -0.39 is 12.1 Å². The summed E-state index contributed by atoms with van der Waals surface area (Å²) < 4.78 is 15.7. The molecule has 3 amide bonds. The molecule has 2 aliphatic rings. The minimum Gasteiger partial charge on any atom is -0.352 e. The molecule has 8 nitrogen and oxygen atoms in total. The van der Waals surface area contributed by atoms with E-state index in [1.54, 1.807) is 41.3 Å². The van der Waals surface area contributed by atoms with Gasteiger partial charge in [-0.25, -0.2) is 9.37 Å². The smallest absolute Gasteiger partial charge is 0.257 e. The van der Waals surface area contributed by atoms with Crippen LogP contribution in [0.2, 0.25) is 0 Å². The Balaban J connectivity index is 1.60. The predicted molar refractivity (Wildman–Crippen MR) is 130 cm³/mol. The lowest BCUT2D eigenvalue weighted by molar-refractivity contribution is 0.0784. The quantitative estimate of drug-likeness (QED) is 0.555. The van der Waals surface area contributed by atoms with E-state index in [4.69, 9.17) is 0 Å². The van der Waals surface area contributed by atoms with Gasteiger partial charge in [-0.15, -0.1) is 0 Å². The standard InChI is InChI=1S/C26H28FN5O3/c1-16-6-2-3-12-28-23(33)17-7-4-8-18(14-17)24(34)30-26-29-21-10-5-9-20(22(21)32(16)26)25(35)31-13-11-19(27)15-31/h4-5,7-10,14,16,19H,2-3,6,11-13,15H2,1H3,(H,28,33)(H,29,30,34)/t16-,19+/m1/s1. The van der Waals surface area contributed by atoms with Gasteiger partial charge in [0.2, 0.25) is 5.95 Å². The Kier molecular flexibility index (Phi) is 6.23. The molecule has 0 saturated carbocycles. The van der Waals surface area contributed by atoms with Crippen LogP contribution in [-0.2, 0) is 0 Å². The molecule has 1 fully saturated rings. The zero-order valence-electron chi connectivity index (χ0n) is 19.6. The van der Waals surface area contributed by atoms with E-state index in [-0.39, 0.29) is 24.4 Å². The number of likely N-dealkylation sites (tertiary alicyclic amines) is 1. The summed E-state index contributed by atoms with van der Waals surface area (Å²) in [5, 5.41) is 5.80. The van der Waals surface area contributed by atoms with Gasteiger partial charge in [-0.1, -0.05) is 12.1 Å². The van der Waals surface area contributed by atoms with Crippen molar-refractivity contribution in [2.75, 3.05) is 25.0 Å². The highest BCUT2D eigenvalue weighted by Crippen LogP contribution is 2.31. The van der Waals surface area contributed by atoms with E-state index in [1.165, 1.54) is 0 Å². The molecule has 0 spiro atoms. The lowest BCUT2D eigenvalue weighted by Crippen LogP contribution is -2.29. The highest BCUT2D eigenvalue weighted by Gasteiger charge is 2.30. The molecule has 0 radical (unpaired) electrons. The Hall–Kier alpha value is -3.75. The molecule has 182 valence electrons. The Morgan fingerprint density at radius 1 is 1.06 bits per heavy atom. The first-order valence-corrected chi connectivity index (χ1v) is 12.1. The van der Waals surface area contributed by atoms with Crippen LogP contribution in [0.25, 0.3) is 11.0 Å². The molecule has 1 aromatic heterocycles. The van der Waals surface area contributed by atoms with Crippen molar-refractivity contribution in [1.82, 2.24) is 19.8 Å². The number of nitrogens with one attached hydrogen (secondary N) is 2. The van der Waals surface area contributed by atoms with Crippen molar-refractivity contribution in [3.05, 3.63) is 59.2 Å². The Bertz CT molecular complexity index is 1300. The number of hydrogen-bond donors (Lipinski definition) is 2. The van der Waals surface area contributed by atoms with Crippen molar-refractivity contribution >= 4 is 34.7 Å². The number of halogens is 1. The third-order valence-electron chi connectivity index (χ3n) is 6.75. The SMILES string of the molecule is C[C@@H]1CCCCNC(=O)c2cccc(c2)C(=O)Nc2nc3cccc(C(=O)N4CC[C@H](F)C4)c3n21. The fourth-order valence-corrected chi connectivity index (χ4v) is 4.88. The van der Waals surface area contributed by atoms with Crippen LogP contribution in [0.5, 0.6) is 0 Å². The molecule has 2 aromatic carbocycles. The van der Waals surface area contributed by atoms with Crippen molar-refractivity contribution in [3.63, 3.8) is 0 Å². The van der Waals surface area contributed by atoms with Crippen LogP contribution in [0.1, 0.15) is 69.7 Å². The van der Waals surface area contributed by atoms with Crippen LogP contribution >= 0.6 is 0 Å². The summed E-state index contributed by atoms with van der Waals surface area (Å²) in [4.78, 5) is 45.2. The summed E-state index contributed by atoms with van der Waals surface area (Å²) in [6.07, 6.45) is 1.72. The van der Waals surface area contributed by atoms with Gasteiger partial charge in [0.25, 0.3) is 17.7 Å². The number of hydrogen-bond acceptors (Lipinski definition) is 4. The molecule has 2 atom stereocenters. The molecule has 0 unspecified atom stereocenters. The lowest BCUT2D eigenvalue weighted by Gasteiger charge is -2.21. The number of nitrogens with zero attached hydrogens (tertiary/aromatic N) is 3. The van der Waals surface area contributed by atoms with Gasteiger partial charge in [0.1, 0.15) is 6.17 Å². The van der Waals surface area contributed by atoms with Gasteiger partial charge in [0.15, 0.2) is 0 Å². The normalized spacial score (nSPS) is 21.3. The summed E-state index contributed by atoms with van der Waals surface area (Å²) in [7, 11) is 0. The number of aromatic nitrogens is 2. The number of amides is 3. The molecule has 2 N–H and O–H groups in total. The Morgan fingerprint density at radius 3 is 2.60 bits per heavy atom. The highest BCUT2D eigenvalue weighted by molar-refractivity contribution is 6.08. The third kappa shape index (κ3) is 4.50. The van der Waals surface area contributed by atoms with Crippen LogP contribution in [-0.4, -0.2) is 58.0 Å². The number of carbonyl (C=O) groups is 3. The highest BCUT2D eigenvalue weighted by atomic mass is 19.1. The van der Waals surface area contributed by atoms with Gasteiger partial charge in [-0.05, 0) is 62.9 Å². The zero-order chi connectivity index (χ0) is 24.5. The molecule has 2 bridgehead atoms. The first kappa shape index (κ1) is 23.0. The first-order valence-electron chi connectivity index (χ1n) is 12.1. The second-order valence-corrected chi connectivity index (χ2v) is 9.25. The first-order chi connectivity index (χ1) is 16.9. The lowest BCUT2D eigenvalue weighted by atomic mass is 10.1. The number of para-hydroxylation sites is 1. The van der Waals surface area contributed by atoms with Gasteiger partial charge in [-0.2, -0.15) is 0 Å². The third-order valence-corrected chi connectivity index (χ3v) is 6.75. The van der Waals surface area contributed by atoms with Crippen molar-refractivity contribution < 1.29 is 18.8 Å². The summed E-state index contributed by atoms with van der Waals surface area (Å²) in [6, 6.07) is 11.8. The molecule has 35 heavy (non-hydrogen) atoms. The fourth-order valence-electron chi connectivity index (χ4n) is 4.88. The number of alkyl halides is 1. The fraction of sp³-hybridized carbons (Fsp3) is 0.385. The average molecular weight is 478 g/mol. The van der Waals surface area contributed by atoms with E-state index >= 15 is 0 Å². The monoisotopic (exact) mass is 477 g/mol. The molecule has 9 heteroatoms. The molecular weight excluding hydrogens is 449 g/mol. The summed E-state index contributed by atoms with van der Waals surface area (Å²) in [6.45, 7) is 3.02. The number of anilines is 1. The molecule has 3 aromatic rings. The predicted octanol–water partition coefficient (Wildman–Crippen LogP) is 3.95. The van der Waals surface area contributed by atoms with E-state index in [2.05, 4.69) is 15.6 Å². The van der Waals surface area contributed by atoms with Gasteiger partial charge in [-0.3, -0.25) is 19.7 Å². The van der Waals surface area contributed by atoms with Crippen LogP contribution in [0.4, 0.5) is 10.3 Å². The van der Waals surface area contributed by atoms with Crippen molar-refractivity contribution in [3.8, 4) is 0 Å². The van der Waals surface area contributed by atoms with Gasteiger partial charge in [0, 0.05) is 30.3 Å². The molecular formula is C26H28FN5O3. The zero-order valence-corrected chi connectivity index (χ0v) is 19.6. The second-order valence-electron chi connectivity index (χ2n) is 9.25. The molecule has 1 saturated heterocycles. The van der Waals surface area contributed by atoms with Gasteiger partial charge >= 0.3 is 0 Å². The van der Waals surface area contributed by atoms with Crippen LogP contribution in [0, 0.1) is 0 Å². The summed E-state index contributed by atoms with van der Waals surface area (Å²) in [5.41, 5.74) is 2.43. The number of fused-ring (bicyclic) bond motifs is 5. The van der Waals surface area contributed by atoms with Gasteiger partial charge < -0.3 is 14.8 Å².